The first-order chi connectivity index (χ1) is 14.2. The van der Waals surface area contributed by atoms with E-state index in [2.05, 4.69) is 21.0 Å². The first kappa shape index (κ1) is 18.8. The Labute approximate surface area is 176 Å². The lowest BCUT2D eigenvalue weighted by Gasteiger charge is -2.11. The molecule has 0 fully saturated rings. The summed E-state index contributed by atoms with van der Waals surface area (Å²) in [4.78, 5) is 9.39. The van der Waals surface area contributed by atoms with Gasteiger partial charge in [-0.1, -0.05) is 70.5 Å². The van der Waals surface area contributed by atoms with Crippen LogP contribution in [0.3, 0.4) is 0 Å². The molecule has 1 aromatic heterocycles. The van der Waals surface area contributed by atoms with Gasteiger partial charge in [0.15, 0.2) is 5.82 Å². The SMILES string of the molecule is N/N=C(/c1nc(-c2ccccc2)cc(-c2ccc(Br)cc2)n1)c1ccccc1O. The molecular weight excluding hydrogens is 428 g/mol. The number of hydrogen-bond donors (Lipinski definition) is 2. The van der Waals surface area contributed by atoms with E-state index in [-0.39, 0.29) is 5.75 Å². The second-order valence-electron chi connectivity index (χ2n) is 6.33. The van der Waals surface area contributed by atoms with Gasteiger partial charge in [-0.2, -0.15) is 5.10 Å². The van der Waals surface area contributed by atoms with Crippen molar-refractivity contribution >= 4 is 21.6 Å². The Kier molecular flexibility index (Phi) is 5.35. The van der Waals surface area contributed by atoms with E-state index in [1.807, 2.05) is 60.7 Å². The molecule has 0 atom stereocenters. The fraction of sp³-hybridized carbons (Fsp3) is 0. The van der Waals surface area contributed by atoms with Crippen molar-refractivity contribution in [3.8, 4) is 28.3 Å². The van der Waals surface area contributed by atoms with Crippen molar-refractivity contribution < 1.29 is 5.11 Å². The van der Waals surface area contributed by atoms with Crippen LogP contribution >= 0.6 is 15.9 Å². The number of para-hydroxylation sites is 1. The van der Waals surface area contributed by atoms with Crippen LogP contribution < -0.4 is 5.84 Å². The van der Waals surface area contributed by atoms with Crippen molar-refractivity contribution in [2.75, 3.05) is 0 Å². The van der Waals surface area contributed by atoms with E-state index in [9.17, 15) is 5.11 Å². The molecule has 0 radical (unpaired) electrons. The van der Waals surface area contributed by atoms with Crippen LogP contribution in [0.1, 0.15) is 11.4 Å². The molecule has 0 aliphatic carbocycles. The number of phenolic OH excluding ortho intramolecular Hbond substituents is 1. The number of aromatic nitrogens is 2. The topological polar surface area (TPSA) is 84.4 Å². The van der Waals surface area contributed by atoms with Crippen LogP contribution in [-0.4, -0.2) is 20.8 Å². The lowest BCUT2D eigenvalue weighted by atomic mass is 10.1. The van der Waals surface area contributed by atoms with E-state index < -0.39 is 0 Å². The van der Waals surface area contributed by atoms with Crippen molar-refractivity contribution in [1.29, 1.82) is 0 Å². The van der Waals surface area contributed by atoms with E-state index in [4.69, 9.17) is 15.8 Å². The van der Waals surface area contributed by atoms with E-state index in [0.717, 1.165) is 27.0 Å². The largest absolute Gasteiger partial charge is 0.507 e. The lowest BCUT2D eigenvalue weighted by molar-refractivity contribution is 0.474. The Bertz CT molecular complexity index is 1180. The quantitative estimate of drug-likeness (QED) is 0.263. The molecule has 3 N–H and O–H groups in total. The van der Waals surface area contributed by atoms with E-state index in [1.54, 1.807) is 24.3 Å². The number of halogens is 1. The monoisotopic (exact) mass is 444 g/mol. The maximum atomic E-state index is 10.3. The maximum absolute atomic E-state index is 10.3. The van der Waals surface area contributed by atoms with E-state index in [1.165, 1.54) is 0 Å². The number of aromatic hydroxyl groups is 1. The Morgan fingerprint density at radius 1 is 0.793 bits per heavy atom. The van der Waals surface area contributed by atoms with Gasteiger partial charge in [-0.05, 0) is 30.3 Å². The highest BCUT2D eigenvalue weighted by molar-refractivity contribution is 9.10. The molecule has 142 valence electrons. The lowest BCUT2D eigenvalue weighted by Crippen LogP contribution is -2.12. The standard InChI is InChI=1S/C23H17BrN4O/c24-17-12-10-16(11-13-17)20-14-19(15-6-2-1-3-7-15)26-23(27-20)22(28-25)18-8-4-5-9-21(18)29/h1-14,29H,25H2/b28-22+. The molecule has 0 saturated carbocycles. The zero-order chi connectivity index (χ0) is 20.2. The minimum atomic E-state index is 0.0654. The molecule has 0 saturated heterocycles. The summed E-state index contributed by atoms with van der Waals surface area (Å²) in [7, 11) is 0. The minimum absolute atomic E-state index is 0.0654. The third-order valence-corrected chi connectivity index (χ3v) is 4.96. The van der Waals surface area contributed by atoms with Gasteiger partial charge in [0.05, 0.1) is 11.4 Å². The Hall–Kier alpha value is -3.51. The van der Waals surface area contributed by atoms with Crippen LogP contribution in [0.5, 0.6) is 5.75 Å². The number of nitrogens with zero attached hydrogens (tertiary/aromatic N) is 3. The fourth-order valence-electron chi connectivity index (χ4n) is 3.00. The van der Waals surface area contributed by atoms with Crippen LogP contribution in [0, 0.1) is 0 Å². The Morgan fingerprint density at radius 2 is 1.38 bits per heavy atom. The van der Waals surface area contributed by atoms with Gasteiger partial charge < -0.3 is 10.9 Å². The molecule has 29 heavy (non-hydrogen) atoms. The van der Waals surface area contributed by atoms with Crippen LogP contribution in [0.25, 0.3) is 22.5 Å². The molecule has 0 aliphatic rings. The van der Waals surface area contributed by atoms with E-state index >= 15 is 0 Å². The predicted octanol–water partition coefficient (Wildman–Crippen LogP) is 4.99. The summed E-state index contributed by atoms with van der Waals surface area (Å²) < 4.78 is 0.984. The number of hydrogen-bond acceptors (Lipinski definition) is 5. The molecule has 3 aromatic carbocycles. The third kappa shape index (κ3) is 4.02. The molecule has 1 heterocycles. The van der Waals surface area contributed by atoms with Crippen molar-refractivity contribution in [2.45, 2.75) is 0 Å². The van der Waals surface area contributed by atoms with Gasteiger partial charge in [-0.15, -0.1) is 0 Å². The summed E-state index contributed by atoms with van der Waals surface area (Å²) in [6.07, 6.45) is 0. The number of rotatable bonds is 4. The summed E-state index contributed by atoms with van der Waals surface area (Å²) in [6, 6.07) is 26.5. The number of phenols is 1. The molecule has 0 spiro atoms. The van der Waals surface area contributed by atoms with Gasteiger partial charge in [-0.3, -0.25) is 0 Å². The highest BCUT2D eigenvalue weighted by Crippen LogP contribution is 2.27. The van der Waals surface area contributed by atoms with Crippen LogP contribution in [0.15, 0.2) is 94.5 Å². The van der Waals surface area contributed by atoms with Gasteiger partial charge in [0.1, 0.15) is 11.5 Å². The second kappa shape index (κ2) is 8.24. The Morgan fingerprint density at radius 3 is 2.00 bits per heavy atom. The average molecular weight is 445 g/mol. The molecule has 4 aromatic rings. The fourth-order valence-corrected chi connectivity index (χ4v) is 3.26. The Balaban J connectivity index is 1.92. The number of benzene rings is 3. The highest BCUT2D eigenvalue weighted by atomic mass is 79.9. The molecule has 0 aliphatic heterocycles. The van der Waals surface area contributed by atoms with Crippen molar-refractivity contribution in [1.82, 2.24) is 9.97 Å². The summed E-state index contributed by atoms with van der Waals surface area (Å²) in [5.41, 5.74) is 4.15. The summed E-state index contributed by atoms with van der Waals surface area (Å²) in [5.74, 6) is 6.10. The number of hydrazone groups is 1. The van der Waals surface area contributed by atoms with Gasteiger partial charge in [0.2, 0.25) is 0 Å². The molecule has 4 rings (SSSR count). The maximum Gasteiger partial charge on any atom is 0.181 e. The summed E-state index contributed by atoms with van der Waals surface area (Å²) in [6.45, 7) is 0. The van der Waals surface area contributed by atoms with Gasteiger partial charge in [-0.25, -0.2) is 9.97 Å². The minimum Gasteiger partial charge on any atom is -0.507 e. The van der Waals surface area contributed by atoms with E-state index in [0.29, 0.717) is 17.1 Å². The molecule has 6 heteroatoms. The summed E-state index contributed by atoms with van der Waals surface area (Å²) >= 11 is 3.46. The molecule has 0 unspecified atom stereocenters. The van der Waals surface area contributed by atoms with Gasteiger partial charge >= 0.3 is 0 Å². The third-order valence-electron chi connectivity index (χ3n) is 4.44. The average Bonchev–Trinajstić information content (AvgIpc) is 2.76. The first-order valence-corrected chi connectivity index (χ1v) is 9.72. The van der Waals surface area contributed by atoms with Crippen LogP contribution in [-0.2, 0) is 0 Å². The molecule has 0 amide bonds. The van der Waals surface area contributed by atoms with Crippen molar-refractivity contribution in [3.63, 3.8) is 0 Å². The zero-order valence-electron chi connectivity index (χ0n) is 15.3. The normalized spacial score (nSPS) is 11.4. The molecule has 0 bridgehead atoms. The highest BCUT2D eigenvalue weighted by Gasteiger charge is 2.17. The molecule has 5 nitrogen and oxygen atoms in total. The smallest absolute Gasteiger partial charge is 0.181 e. The summed E-state index contributed by atoms with van der Waals surface area (Å²) in [5, 5.41) is 14.2. The zero-order valence-corrected chi connectivity index (χ0v) is 16.9. The van der Waals surface area contributed by atoms with Crippen LogP contribution in [0.2, 0.25) is 0 Å². The van der Waals surface area contributed by atoms with Crippen LogP contribution in [0.4, 0.5) is 0 Å². The number of nitrogens with two attached hydrogens (primary N) is 1. The van der Waals surface area contributed by atoms with Crippen molar-refractivity contribution in [3.05, 3.63) is 101 Å². The predicted molar refractivity (Wildman–Crippen MR) is 119 cm³/mol. The first-order valence-electron chi connectivity index (χ1n) is 8.93. The molecular formula is C23H17BrN4O. The van der Waals surface area contributed by atoms with Gasteiger partial charge in [0, 0.05) is 21.2 Å². The van der Waals surface area contributed by atoms with Crippen molar-refractivity contribution in [2.24, 2.45) is 10.9 Å². The second-order valence-corrected chi connectivity index (χ2v) is 7.25. The van der Waals surface area contributed by atoms with Gasteiger partial charge in [0.25, 0.3) is 0 Å².